The SMILES string of the molecule is c1ccc(-c2ccc(-c3nc(-c4ccccc4)cc(-c4ccc5oc6c(-c7cccc8c7C7(CCCCC7)c7ccccc7-8)cccc6c5c4)n3)cc2)cc1. The summed E-state index contributed by atoms with van der Waals surface area (Å²) in [5, 5.41) is 2.21. The van der Waals surface area contributed by atoms with Gasteiger partial charge in [0.1, 0.15) is 11.2 Å². The normalized spacial score (nSPS) is 14.3. The highest BCUT2D eigenvalue weighted by molar-refractivity contribution is 6.11. The van der Waals surface area contributed by atoms with Gasteiger partial charge in [0.25, 0.3) is 0 Å². The third-order valence-corrected chi connectivity index (χ3v) is 12.1. The monoisotopic (exact) mass is 706 g/mol. The highest BCUT2D eigenvalue weighted by Crippen LogP contribution is 2.58. The van der Waals surface area contributed by atoms with Gasteiger partial charge in [0, 0.05) is 38.4 Å². The van der Waals surface area contributed by atoms with Gasteiger partial charge in [0.15, 0.2) is 5.82 Å². The summed E-state index contributed by atoms with van der Waals surface area (Å²) in [6.07, 6.45) is 6.21. The Bertz CT molecular complexity index is 2880. The molecule has 55 heavy (non-hydrogen) atoms. The van der Waals surface area contributed by atoms with Crippen molar-refractivity contribution in [3.05, 3.63) is 181 Å². The number of fused-ring (bicyclic) bond motifs is 8. The third-order valence-electron chi connectivity index (χ3n) is 12.1. The van der Waals surface area contributed by atoms with Crippen molar-refractivity contribution in [2.24, 2.45) is 0 Å². The van der Waals surface area contributed by atoms with E-state index in [-0.39, 0.29) is 5.41 Å². The lowest BCUT2D eigenvalue weighted by Gasteiger charge is -2.37. The van der Waals surface area contributed by atoms with E-state index >= 15 is 0 Å². The van der Waals surface area contributed by atoms with Gasteiger partial charge in [0.05, 0.1) is 11.4 Å². The van der Waals surface area contributed by atoms with Gasteiger partial charge in [0.2, 0.25) is 0 Å². The molecule has 0 unspecified atom stereocenters. The standard InChI is InChI=1S/C52H38N2O/c1-4-14-34(15-5-1)35-24-26-37(27-25-35)51-53-46(36-16-6-2-7-17-36)33-47(54-51)38-28-29-48-44(32-38)43-22-13-21-42(50(43)55-48)41-20-12-19-40-39-18-8-9-23-45(39)52(49(40)41)30-10-3-11-31-52/h1-2,4-9,12-29,32-33H,3,10-11,30-31H2. The third kappa shape index (κ3) is 5.18. The lowest BCUT2D eigenvalue weighted by molar-refractivity contribution is 0.353. The van der Waals surface area contributed by atoms with E-state index in [1.807, 2.05) is 12.1 Å². The van der Waals surface area contributed by atoms with Crippen LogP contribution < -0.4 is 0 Å². The first kappa shape index (κ1) is 31.9. The van der Waals surface area contributed by atoms with Crippen LogP contribution in [0, 0.1) is 0 Å². The smallest absolute Gasteiger partial charge is 0.160 e. The van der Waals surface area contributed by atoms with Gasteiger partial charge < -0.3 is 4.42 Å². The minimum Gasteiger partial charge on any atom is -0.455 e. The zero-order valence-corrected chi connectivity index (χ0v) is 30.5. The Morgan fingerprint density at radius 2 is 1.00 bits per heavy atom. The predicted octanol–water partition coefficient (Wildman–Crippen LogP) is 13.9. The molecule has 3 heteroatoms. The Labute approximate surface area is 321 Å². The minimum atomic E-state index is 0.0468. The van der Waals surface area contributed by atoms with Crippen LogP contribution in [-0.4, -0.2) is 9.97 Å². The molecule has 9 aromatic rings. The fourth-order valence-electron chi connectivity index (χ4n) is 9.55. The maximum atomic E-state index is 6.84. The molecular weight excluding hydrogens is 669 g/mol. The second-order valence-corrected chi connectivity index (χ2v) is 15.2. The zero-order valence-electron chi connectivity index (χ0n) is 30.5. The van der Waals surface area contributed by atoms with Crippen LogP contribution in [0.25, 0.3) is 89.2 Å². The quantitative estimate of drug-likeness (QED) is 0.179. The Balaban J connectivity index is 1.05. The molecule has 0 N–H and O–H groups in total. The van der Waals surface area contributed by atoms with Gasteiger partial charge >= 0.3 is 0 Å². The average Bonchev–Trinajstić information content (AvgIpc) is 3.77. The number of hydrogen-bond donors (Lipinski definition) is 0. The molecule has 0 atom stereocenters. The molecule has 2 aromatic heterocycles. The number of hydrogen-bond acceptors (Lipinski definition) is 3. The summed E-state index contributed by atoms with van der Waals surface area (Å²) >= 11 is 0. The van der Waals surface area contributed by atoms with Crippen LogP contribution in [0.15, 0.2) is 174 Å². The van der Waals surface area contributed by atoms with Gasteiger partial charge in [-0.05, 0) is 76.1 Å². The topological polar surface area (TPSA) is 38.9 Å². The molecule has 1 spiro atoms. The molecule has 1 saturated carbocycles. The summed E-state index contributed by atoms with van der Waals surface area (Å²) in [5.41, 5.74) is 17.3. The van der Waals surface area contributed by atoms with Crippen molar-refractivity contribution in [3.63, 3.8) is 0 Å². The molecule has 2 aliphatic carbocycles. The first-order valence-corrected chi connectivity index (χ1v) is 19.5. The van der Waals surface area contributed by atoms with E-state index < -0.39 is 0 Å². The number of furan rings is 1. The van der Waals surface area contributed by atoms with Gasteiger partial charge in [-0.25, -0.2) is 9.97 Å². The van der Waals surface area contributed by atoms with Crippen molar-refractivity contribution >= 4 is 21.9 Å². The number of benzene rings is 7. The van der Waals surface area contributed by atoms with Gasteiger partial charge in [-0.3, -0.25) is 0 Å². The molecule has 3 nitrogen and oxygen atoms in total. The fourth-order valence-corrected chi connectivity index (χ4v) is 9.55. The number of nitrogens with zero attached hydrogens (tertiary/aromatic N) is 2. The largest absolute Gasteiger partial charge is 0.455 e. The predicted molar refractivity (Wildman–Crippen MR) is 226 cm³/mol. The van der Waals surface area contributed by atoms with E-state index in [4.69, 9.17) is 14.4 Å². The van der Waals surface area contributed by atoms with Gasteiger partial charge in [-0.15, -0.1) is 0 Å². The zero-order chi connectivity index (χ0) is 36.3. The van der Waals surface area contributed by atoms with Crippen molar-refractivity contribution in [3.8, 4) is 67.3 Å². The van der Waals surface area contributed by atoms with Crippen LogP contribution >= 0.6 is 0 Å². The first-order chi connectivity index (χ1) is 27.2. The van der Waals surface area contributed by atoms with E-state index in [9.17, 15) is 0 Å². The van der Waals surface area contributed by atoms with Gasteiger partial charge in [-0.1, -0.05) is 165 Å². The molecule has 2 aliphatic rings. The van der Waals surface area contributed by atoms with Gasteiger partial charge in [-0.2, -0.15) is 0 Å². The second-order valence-electron chi connectivity index (χ2n) is 15.2. The summed E-state index contributed by atoms with van der Waals surface area (Å²) in [6, 6.07) is 60.7. The van der Waals surface area contributed by atoms with Crippen molar-refractivity contribution in [1.82, 2.24) is 9.97 Å². The van der Waals surface area contributed by atoms with E-state index in [0.29, 0.717) is 5.82 Å². The van der Waals surface area contributed by atoms with Crippen molar-refractivity contribution in [1.29, 1.82) is 0 Å². The molecule has 0 bridgehead atoms. The molecule has 262 valence electrons. The number of rotatable bonds is 5. The average molecular weight is 707 g/mol. The number of para-hydroxylation sites is 1. The molecule has 2 heterocycles. The van der Waals surface area contributed by atoms with E-state index in [1.54, 1.807) is 0 Å². The summed E-state index contributed by atoms with van der Waals surface area (Å²) in [6.45, 7) is 0. The van der Waals surface area contributed by atoms with E-state index in [2.05, 4.69) is 158 Å². The summed E-state index contributed by atoms with van der Waals surface area (Å²) < 4.78 is 6.84. The lowest BCUT2D eigenvalue weighted by Crippen LogP contribution is -2.28. The minimum absolute atomic E-state index is 0.0468. The summed E-state index contributed by atoms with van der Waals surface area (Å²) in [4.78, 5) is 10.3. The number of aromatic nitrogens is 2. The van der Waals surface area contributed by atoms with Crippen molar-refractivity contribution in [2.45, 2.75) is 37.5 Å². The van der Waals surface area contributed by atoms with Crippen LogP contribution in [0.3, 0.4) is 0 Å². The van der Waals surface area contributed by atoms with Crippen molar-refractivity contribution in [2.75, 3.05) is 0 Å². The second kappa shape index (κ2) is 12.8. The Hall–Kier alpha value is -6.58. The molecule has 0 aliphatic heterocycles. The molecule has 11 rings (SSSR count). The fraction of sp³-hybridized carbons (Fsp3) is 0.115. The molecule has 0 saturated heterocycles. The van der Waals surface area contributed by atoms with Crippen LogP contribution in [-0.2, 0) is 5.41 Å². The Morgan fingerprint density at radius 1 is 0.418 bits per heavy atom. The molecule has 1 fully saturated rings. The van der Waals surface area contributed by atoms with Crippen LogP contribution in [0.1, 0.15) is 43.2 Å². The molecule has 0 amide bonds. The van der Waals surface area contributed by atoms with E-state index in [1.165, 1.54) is 76.6 Å². The highest BCUT2D eigenvalue weighted by Gasteiger charge is 2.45. The Morgan fingerprint density at radius 3 is 1.78 bits per heavy atom. The van der Waals surface area contributed by atoms with Crippen molar-refractivity contribution < 1.29 is 4.42 Å². The maximum absolute atomic E-state index is 6.84. The molecule has 0 radical (unpaired) electrons. The lowest BCUT2D eigenvalue weighted by atomic mass is 9.66. The Kier molecular flexibility index (Phi) is 7.41. The highest BCUT2D eigenvalue weighted by atomic mass is 16.3. The molecule has 7 aromatic carbocycles. The first-order valence-electron chi connectivity index (χ1n) is 19.5. The maximum Gasteiger partial charge on any atom is 0.160 e. The van der Waals surface area contributed by atoms with Crippen LogP contribution in [0.4, 0.5) is 0 Å². The summed E-state index contributed by atoms with van der Waals surface area (Å²) in [7, 11) is 0. The van der Waals surface area contributed by atoms with E-state index in [0.717, 1.165) is 50.0 Å². The van der Waals surface area contributed by atoms with Crippen LogP contribution in [0.5, 0.6) is 0 Å². The van der Waals surface area contributed by atoms with Crippen LogP contribution in [0.2, 0.25) is 0 Å². The summed E-state index contributed by atoms with van der Waals surface area (Å²) in [5.74, 6) is 0.700. The molecular formula is C52H38N2O.